The van der Waals surface area contributed by atoms with Gasteiger partial charge in [0.15, 0.2) is 0 Å². The molecule has 0 fully saturated rings. The van der Waals surface area contributed by atoms with Crippen LogP contribution in [0.3, 0.4) is 0 Å². The molecule has 2 N–H and O–H groups in total. The number of amides is 2. The Balaban J connectivity index is 2.52. The Kier molecular flexibility index (Phi) is 9.36. The molecule has 0 unspecified atom stereocenters. The zero-order valence-corrected chi connectivity index (χ0v) is 20.6. The van der Waals surface area contributed by atoms with Crippen molar-refractivity contribution >= 4 is 51.0 Å². The fourth-order valence-corrected chi connectivity index (χ4v) is 3.45. The standard InChI is InChI=1S/C22H26BrN5O6/c1-5-10-26(22(30)34-14(3)4)16-9-7-8-15(11-16)13-27(21(29)33-6-2)17-12-18(23)25-20(24)19(17)28(31)32/h5,7-9,11-12,14H,1,6,10,13H2,2-4H3,(H2,24,25). The zero-order valence-electron chi connectivity index (χ0n) is 19.1. The van der Waals surface area contributed by atoms with E-state index in [0.717, 1.165) is 4.90 Å². The van der Waals surface area contributed by atoms with E-state index in [9.17, 15) is 19.7 Å². The number of pyridine rings is 1. The van der Waals surface area contributed by atoms with Gasteiger partial charge in [-0.1, -0.05) is 18.2 Å². The number of rotatable bonds is 9. The fourth-order valence-electron chi connectivity index (χ4n) is 3.04. The number of benzene rings is 1. The third-order valence-electron chi connectivity index (χ3n) is 4.36. The lowest BCUT2D eigenvalue weighted by molar-refractivity contribution is -0.383. The third-order valence-corrected chi connectivity index (χ3v) is 4.77. The first kappa shape index (κ1) is 26.6. The van der Waals surface area contributed by atoms with Crippen molar-refractivity contribution < 1.29 is 24.0 Å². The van der Waals surface area contributed by atoms with Crippen LogP contribution in [0, 0.1) is 10.1 Å². The lowest BCUT2D eigenvalue weighted by Crippen LogP contribution is -2.34. The SMILES string of the molecule is C=CCN(C(=O)OC(C)C)c1cccc(CN(C(=O)OCC)c2cc(Br)nc(N)c2[N+](=O)[O-])c1. The summed E-state index contributed by atoms with van der Waals surface area (Å²) < 4.78 is 10.6. The van der Waals surface area contributed by atoms with Crippen molar-refractivity contribution in [3.05, 3.63) is 63.3 Å². The quantitative estimate of drug-likeness (QED) is 0.204. The van der Waals surface area contributed by atoms with Crippen LogP contribution in [0.25, 0.3) is 0 Å². The highest BCUT2D eigenvalue weighted by atomic mass is 79.9. The van der Waals surface area contributed by atoms with Gasteiger partial charge in [0.25, 0.3) is 0 Å². The number of nitrogens with two attached hydrogens (primary N) is 1. The second-order valence-electron chi connectivity index (χ2n) is 7.24. The number of hydrogen-bond donors (Lipinski definition) is 1. The van der Waals surface area contributed by atoms with Crippen molar-refractivity contribution in [3.8, 4) is 0 Å². The number of nitro groups is 1. The summed E-state index contributed by atoms with van der Waals surface area (Å²) in [5, 5.41) is 11.7. The average molecular weight is 536 g/mol. The van der Waals surface area contributed by atoms with E-state index in [1.54, 1.807) is 51.1 Å². The predicted molar refractivity (Wildman–Crippen MR) is 132 cm³/mol. The number of aromatic nitrogens is 1. The van der Waals surface area contributed by atoms with Crippen LogP contribution in [0.15, 0.2) is 47.6 Å². The molecule has 2 amide bonds. The van der Waals surface area contributed by atoms with E-state index in [4.69, 9.17) is 15.2 Å². The normalized spacial score (nSPS) is 10.5. The maximum atomic E-state index is 12.8. The smallest absolute Gasteiger partial charge is 0.414 e. The van der Waals surface area contributed by atoms with Crippen LogP contribution in [0.5, 0.6) is 0 Å². The van der Waals surface area contributed by atoms with E-state index >= 15 is 0 Å². The summed E-state index contributed by atoms with van der Waals surface area (Å²) >= 11 is 3.16. The van der Waals surface area contributed by atoms with Crippen LogP contribution in [0.4, 0.5) is 32.5 Å². The monoisotopic (exact) mass is 535 g/mol. The highest BCUT2D eigenvalue weighted by molar-refractivity contribution is 9.10. The minimum atomic E-state index is -0.810. The molecular formula is C22H26BrN5O6. The van der Waals surface area contributed by atoms with Crippen LogP contribution in [0.2, 0.25) is 0 Å². The molecular weight excluding hydrogens is 510 g/mol. The Labute approximate surface area is 205 Å². The Hall–Kier alpha value is -3.67. The number of ether oxygens (including phenoxy) is 2. The first-order valence-corrected chi connectivity index (χ1v) is 11.1. The molecule has 1 aromatic carbocycles. The molecule has 0 bridgehead atoms. The van der Waals surface area contributed by atoms with Crippen molar-refractivity contribution in [2.45, 2.75) is 33.4 Å². The summed E-state index contributed by atoms with van der Waals surface area (Å²) in [6, 6.07) is 8.09. The van der Waals surface area contributed by atoms with E-state index in [1.165, 1.54) is 11.0 Å². The molecule has 1 aromatic heterocycles. The Bertz CT molecular complexity index is 1080. The molecule has 0 spiro atoms. The summed E-state index contributed by atoms with van der Waals surface area (Å²) in [6.07, 6.45) is -0.135. The second-order valence-corrected chi connectivity index (χ2v) is 8.05. The highest BCUT2D eigenvalue weighted by Crippen LogP contribution is 2.36. The largest absolute Gasteiger partial charge is 0.449 e. The summed E-state index contributed by atoms with van der Waals surface area (Å²) in [5.41, 5.74) is 6.22. The van der Waals surface area contributed by atoms with Crippen LogP contribution in [-0.2, 0) is 16.0 Å². The molecule has 0 aliphatic heterocycles. The molecule has 12 heteroatoms. The second kappa shape index (κ2) is 12.0. The number of nitrogens with zero attached hydrogens (tertiary/aromatic N) is 4. The van der Waals surface area contributed by atoms with Crippen molar-refractivity contribution in [1.29, 1.82) is 0 Å². The highest BCUT2D eigenvalue weighted by Gasteiger charge is 2.30. The zero-order chi connectivity index (χ0) is 25.4. The Morgan fingerprint density at radius 3 is 2.59 bits per heavy atom. The van der Waals surface area contributed by atoms with E-state index in [-0.39, 0.29) is 41.9 Å². The van der Waals surface area contributed by atoms with Crippen LogP contribution in [-0.4, -0.2) is 41.3 Å². The Morgan fingerprint density at radius 1 is 1.29 bits per heavy atom. The van der Waals surface area contributed by atoms with Crippen molar-refractivity contribution in [1.82, 2.24) is 4.98 Å². The molecule has 0 atom stereocenters. The number of anilines is 3. The van der Waals surface area contributed by atoms with Crippen molar-refractivity contribution in [2.24, 2.45) is 0 Å². The molecule has 2 rings (SSSR count). The van der Waals surface area contributed by atoms with Gasteiger partial charge in [-0.2, -0.15) is 0 Å². The van der Waals surface area contributed by atoms with Crippen LogP contribution < -0.4 is 15.5 Å². The minimum Gasteiger partial charge on any atom is -0.449 e. The molecule has 2 aromatic rings. The van der Waals surface area contributed by atoms with Gasteiger partial charge in [-0.05, 0) is 54.4 Å². The van der Waals surface area contributed by atoms with Gasteiger partial charge < -0.3 is 15.2 Å². The molecule has 11 nitrogen and oxygen atoms in total. The first-order valence-electron chi connectivity index (χ1n) is 10.3. The number of hydrogen-bond acceptors (Lipinski definition) is 8. The van der Waals surface area contributed by atoms with Gasteiger partial charge in [-0.3, -0.25) is 19.9 Å². The topological polar surface area (TPSA) is 141 Å². The minimum absolute atomic E-state index is 0.0546. The molecule has 0 saturated carbocycles. The lowest BCUT2D eigenvalue weighted by atomic mass is 10.1. The van der Waals surface area contributed by atoms with Crippen molar-refractivity contribution in [2.75, 3.05) is 28.7 Å². The van der Waals surface area contributed by atoms with Gasteiger partial charge >= 0.3 is 17.9 Å². The summed E-state index contributed by atoms with van der Waals surface area (Å²) in [6.45, 7) is 8.92. The van der Waals surface area contributed by atoms with Gasteiger partial charge in [-0.15, -0.1) is 6.58 Å². The number of nitrogen functional groups attached to an aromatic ring is 1. The van der Waals surface area contributed by atoms with Gasteiger partial charge in [0.2, 0.25) is 5.82 Å². The van der Waals surface area contributed by atoms with Crippen LogP contribution >= 0.6 is 15.9 Å². The summed E-state index contributed by atoms with van der Waals surface area (Å²) in [5.74, 6) is -0.356. The maximum Gasteiger partial charge on any atom is 0.414 e. The van der Waals surface area contributed by atoms with E-state index < -0.39 is 22.8 Å². The van der Waals surface area contributed by atoms with E-state index in [2.05, 4.69) is 27.5 Å². The third kappa shape index (κ3) is 6.67. The van der Waals surface area contributed by atoms with Gasteiger partial charge in [0.1, 0.15) is 10.3 Å². The molecule has 0 radical (unpaired) electrons. The van der Waals surface area contributed by atoms with E-state index in [1.807, 2.05) is 0 Å². The molecule has 0 saturated heterocycles. The molecule has 0 aliphatic carbocycles. The summed E-state index contributed by atoms with van der Waals surface area (Å²) in [7, 11) is 0. The molecule has 0 aliphatic rings. The number of carbonyl (C=O) groups is 2. The number of carbonyl (C=O) groups excluding carboxylic acids is 2. The fraction of sp³-hybridized carbons (Fsp3) is 0.318. The number of halogens is 1. The molecule has 1 heterocycles. The van der Waals surface area contributed by atoms with Crippen molar-refractivity contribution in [3.63, 3.8) is 0 Å². The lowest BCUT2D eigenvalue weighted by Gasteiger charge is -2.25. The van der Waals surface area contributed by atoms with Gasteiger partial charge in [-0.25, -0.2) is 14.6 Å². The maximum absolute atomic E-state index is 12.8. The Morgan fingerprint density at radius 2 is 2.00 bits per heavy atom. The van der Waals surface area contributed by atoms with Gasteiger partial charge in [0.05, 0.1) is 24.2 Å². The molecule has 182 valence electrons. The van der Waals surface area contributed by atoms with Crippen LogP contribution in [0.1, 0.15) is 26.3 Å². The average Bonchev–Trinajstić information content (AvgIpc) is 2.74. The van der Waals surface area contributed by atoms with Gasteiger partial charge in [0, 0.05) is 18.3 Å². The molecule has 34 heavy (non-hydrogen) atoms. The van der Waals surface area contributed by atoms with E-state index in [0.29, 0.717) is 11.3 Å². The first-order chi connectivity index (χ1) is 16.1. The predicted octanol–water partition coefficient (Wildman–Crippen LogP) is 5.04. The summed E-state index contributed by atoms with van der Waals surface area (Å²) in [4.78, 5) is 42.7.